The van der Waals surface area contributed by atoms with Gasteiger partial charge in [0.15, 0.2) is 9.84 Å². The fraction of sp³-hybridized carbons (Fsp3) is 0.480. The molecule has 0 bridgehead atoms. The van der Waals surface area contributed by atoms with Crippen LogP contribution < -0.4 is 5.32 Å². The second-order valence-electron chi connectivity index (χ2n) is 9.80. The van der Waals surface area contributed by atoms with Crippen molar-refractivity contribution in [3.8, 4) is 0 Å². The van der Waals surface area contributed by atoms with E-state index in [9.17, 15) is 18.0 Å². The summed E-state index contributed by atoms with van der Waals surface area (Å²) in [6.45, 7) is 11.7. The molecule has 1 aliphatic heterocycles. The number of sulfone groups is 1. The maximum Gasteiger partial charge on any atom is 0.411 e. The lowest BCUT2D eigenvalue weighted by Crippen LogP contribution is -2.37. The molecule has 0 aliphatic carbocycles. The van der Waals surface area contributed by atoms with Crippen LogP contribution in [0.15, 0.2) is 41.4 Å². The minimum Gasteiger partial charge on any atom is -0.444 e. The summed E-state index contributed by atoms with van der Waals surface area (Å²) in [6, 6.07) is 8.03. The summed E-state index contributed by atoms with van der Waals surface area (Å²) in [5, 5.41) is 2.84. The van der Waals surface area contributed by atoms with Gasteiger partial charge < -0.3 is 10.1 Å². The molecule has 0 radical (unpaired) electrons. The molecular formula is C25H33N3O5S. The van der Waals surface area contributed by atoms with E-state index in [2.05, 4.69) is 10.3 Å². The van der Waals surface area contributed by atoms with Gasteiger partial charge >= 0.3 is 6.09 Å². The fourth-order valence-corrected chi connectivity index (χ4v) is 4.79. The summed E-state index contributed by atoms with van der Waals surface area (Å²) in [6.07, 6.45) is 1.13. The lowest BCUT2D eigenvalue weighted by atomic mass is 9.99. The SMILES string of the molecule is CCS(=O)(=O)c1ccc(CNC(=O)c2cnc3c(c2)CN(C(=O)OC(C)(C)C)C3C(C)C)cc1. The highest BCUT2D eigenvalue weighted by atomic mass is 32.2. The number of aromatic nitrogens is 1. The van der Waals surface area contributed by atoms with Gasteiger partial charge in [-0.1, -0.05) is 32.9 Å². The smallest absolute Gasteiger partial charge is 0.411 e. The van der Waals surface area contributed by atoms with Crippen LogP contribution in [-0.2, 0) is 27.7 Å². The van der Waals surface area contributed by atoms with E-state index in [0.717, 1.165) is 16.8 Å². The first-order valence-corrected chi connectivity index (χ1v) is 13.1. The third kappa shape index (κ3) is 5.75. The molecule has 0 spiro atoms. The molecule has 2 heterocycles. The first kappa shape index (κ1) is 25.7. The van der Waals surface area contributed by atoms with E-state index >= 15 is 0 Å². The summed E-state index contributed by atoms with van der Waals surface area (Å²) in [5.41, 5.74) is 2.19. The highest BCUT2D eigenvalue weighted by Gasteiger charge is 2.39. The Hall–Kier alpha value is -2.94. The van der Waals surface area contributed by atoms with Gasteiger partial charge in [-0.05, 0) is 56.0 Å². The summed E-state index contributed by atoms with van der Waals surface area (Å²) in [7, 11) is -3.26. The van der Waals surface area contributed by atoms with Crippen LogP contribution in [0, 0.1) is 5.92 Å². The Labute approximate surface area is 201 Å². The van der Waals surface area contributed by atoms with Crippen LogP contribution in [0.25, 0.3) is 0 Å². The Balaban J connectivity index is 1.72. The highest BCUT2D eigenvalue weighted by molar-refractivity contribution is 7.91. The van der Waals surface area contributed by atoms with Gasteiger partial charge in [-0.15, -0.1) is 0 Å². The third-order valence-electron chi connectivity index (χ3n) is 5.60. The first-order chi connectivity index (χ1) is 15.8. The number of fused-ring (bicyclic) bond motifs is 1. The molecule has 184 valence electrons. The Kier molecular flexibility index (Phi) is 7.35. The number of benzene rings is 1. The Morgan fingerprint density at radius 3 is 2.41 bits per heavy atom. The first-order valence-electron chi connectivity index (χ1n) is 11.4. The van der Waals surface area contributed by atoms with Gasteiger partial charge in [0.25, 0.3) is 5.91 Å². The molecule has 2 aromatic rings. The largest absolute Gasteiger partial charge is 0.444 e. The molecule has 34 heavy (non-hydrogen) atoms. The Morgan fingerprint density at radius 1 is 1.21 bits per heavy atom. The number of carbonyl (C=O) groups excluding carboxylic acids is 2. The number of ether oxygens (including phenoxy) is 1. The van der Waals surface area contributed by atoms with Crippen molar-refractivity contribution in [1.82, 2.24) is 15.2 Å². The molecular weight excluding hydrogens is 454 g/mol. The molecule has 1 aromatic heterocycles. The van der Waals surface area contributed by atoms with E-state index in [1.807, 2.05) is 34.6 Å². The van der Waals surface area contributed by atoms with Crippen LogP contribution in [0.3, 0.4) is 0 Å². The summed E-state index contributed by atoms with van der Waals surface area (Å²) in [4.78, 5) is 32.0. The van der Waals surface area contributed by atoms with Crippen molar-refractivity contribution in [3.05, 3.63) is 58.9 Å². The minimum atomic E-state index is -3.26. The zero-order chi connectivity index (χ0) is 25.3. The molecule has 8 nitrogen and oxygen atoms in total. The van der Waals surface area contributed by atoms with Gasteiger partial charge in [0.1, 0.15) is 5.60 Å². The Morgan fingerprint density at radius 2 is 1.85 bits per heavy atom. The second kappa shape index (κ2) is 9.74. The number of nitrogens with zero attached hydrogens (tertiary/aromatic N) is 2. The predicted molar refractivity (Wildman–Crippen MR) is 129 cm³/mol. The number of hydrogen-bond acceptors (Lipinski definition) is 6. The molecule has 9 heteroatoms. The highest BCUT2D eigenvalue weighted by Crippen LogP contribution is 2.38. The van der Waals surface area contributed by atoms with Gasteiger partial charge in [0.2, 0.25) is 0 Å². The lowest BCUT2D eigenvalue weighted by molar-refractivity contribution is 0.0124. The van der Waals surface area contributed by atoms with Crippen molar-refractivity contribution in [2.75, 3.05) is 5.75 Å². The van der Waals surface area contributed by atoms with E-state index in [4.69, 9.17) is 4.74 Å². The molecule has 1 aliphatic rings. The summed E-state index contributed by atoms with van der Waals surface area (Å²) in [5.74, 6) is -0.130. The predicted octanol–water partition coefficient (Wildman–Crippen LogP) is 4.25. The maximum absolute atomic E-state index is 12.8. The van der Waals surface area contributed by atoms with Gasteiger partial charge in [0, 0.05) is 12.7 Å². The van der Waals surface area contributed by atoms with Crippen molar-refractivity contribution in [3.63, 3.8) is 0 Å². The fourth-order valence-electron chi connectivity index (χ4n) is 3.91. The van der Waals surface area contributed by atoms with Gasteiger partial charge in [-0.2, -0.15) is 0 Å². The summed E-state index contributed by atoms with van der Waals surface area (Å²) >= 11 is 0. The van der Waals surface area contributed by atoms with Crippen molar-refractivity contribution in [1.29, 1.82) is 0 Å². The second-order valence-corrected chi connectivity index (χ2v) is 12.1. The molecule has 1 N–H and O–H groups in total. The summed E-state index contributed by atoms with van der Waals surface area (Å²) < 4.78 is 29.5. The zero-order valence-electron chi connectivity index (χ0n) is 20.6. The van der Waals surface area contributed by atoms with Gasteiger partial charge in [0.05, 0.1) is 34.5 Å². The maximum atomic E-state index is 12.8. The van der Waals surface area contributed by atoms with Crippen LogP contribution in [0.5, 0.6) is 0 Å². The molecule has 0 fully saturated rings. The lowest BCUT2D eigenvalue weighted by Gasteiger charge is -2.30. The van der Waals surface area contributed by atoms with Crippen LogP contribution in [0.4, 0.5) is 4.79 Å². The monoisotopic (exact) mass is 487 g/mol. The quantitative estimate of drug-likeness (QED) is 0.653. The zero-order valence-corrected chi connectivity index (χ0v) is 21.4. The number of rotatable bonds is 6. The van der Waals surface area contributed by atoms with Crippen molar-refractivity contribution in [2.45, 2.75) is 71.2 Å². The number of carbonyl (C=O) groups is 2. The topological polar surface area (TPSA) is 106 Å². The van der Waals surface area contributed by atoms with Gasteiger partial charge in [-0.3, -0.25) is 14.7 Å². The van der Waals surface area contributed by atoms with Crippen LogP contribution in [-0.4, -0.2) is 41.7 Å². The molecule has 2 amide bonds. The number of pyridine rings is 1. The molecule has 3 rings (SSSR count). The molecule has 1 aromatic carbocycles. The molecule has 1 unspecified atom stereocenters. The number of amides is 2. The van der Waals surface area contributed by atoms with E-state index < -0.39 is 21.5 Å². The Bertz CT molecular complexity index is 1170. The molecule has 0 saturated heterocycles. The van der Waals surface area contributed by atoms with Crippen LogP contribution in [0.1, 0.15) is 74.8 Å². The number of nitrogens with one attached hydrogen (secondary N) is 1. The van der Waals surface area contributed by atoms with Crippen LogP contribution >= 0.6 is 0 Å². The van der Waals surface area contributed by atoms with E-state index in [0.29, 0.717) is 12.1 Å². The minimum absolute atomic E-state index is 0.0391. The van der Waals surface area contributed by atoms with Crippen molar-refractivity contribution in [2.24, 2.45) is 5.92 Å². The van der Waals surface area contributed by atoms with E-state index in [1.165, 1.54) is 6.20 Å². The third-order valence-corrected chi connectivity index (χ3v) is 7.35. The van der Waals surface area contributed by atoms with Gasteiger partial charge in [-0.25, -0.2) is 13.2 Å². The normalized spacial score (nSPS) is 15.9. The van der Waals surface area contributed by atoms with Crippen LogP contribution in [0.2, 0.25) is 0 Å². The standard InChI is InChI=1S/C25H33N3O5S/c1-7-34(31,32)20-10-8-17(9-11-20)13-27-23(29)18-12-19-15-28(24(30)33-25(4,5)6)22(16(2)3)21(19)26-14-18/h8-12,14,16,22H,7,13,15H2,1-6H3,(H,27,29). The average molecular weight is 488 g/mol. The average Bonchev–Trinajstić information content (AvgIpc) is 3.16. The van der Waals surface area contributed by atoms with Crippen molar-refractivity contribution >= 4 is 21.8 Å². The van der Waals surface area contributed by atoms with E-state index in [-0.39, 0.29) is 35.1 Å². The number of hydrogen-bond donors (Lipinski definition) is 1. The molecule has 0 saturated carbocycles. The molecule has 1 atom stereocenters. The van der Waals surface area contributed by atoms with Crippen molar-refractivity contribution < 1.29 is 22.7 Å². The van der Waals surface area contributed by atoms with E-state index in [1.54, 1.807) is 42.2 Å².